The lowest BCUT2D eigenvalue weighted by Crippen LogP contribution is -2.29. The third-order valence-corrected chi connectivity index (χ3v) is 3.03. The minimum Gasteiger partial charge on any atom is -0.459 e. The summed E-state index contributed by atoms with van der Waals surface area (Å²) in [4.78, 5) is 35.0. The quantitative estimate of drug-likeness (QED) is 0.759. The molecule has 0 aliphatic heterocycles. The van der Waals surface area contributed by atoms with Crippen molar-refractivity contribution in [1.29, 1.82) is 0 Å². The van der Waals surface area contributed by atoms with Gasteiger partial charge in [-0.15, -0.1) is 0 Å². The van der Waals surface area contributed by atoms with Gasteiger partial charge in [-0.05, 0) is 42.8 Å². The van der Waals surface area contributed by atoms with Gasteiger partial charge in [-0.25, -0.2) is 4.79 Å². The number of nitrogens with one attached hydrogen (secondary N) is 2. The van der Waals surface area contributed by atoms with Crippen molar-refractivity contribution in [3.05, 3.63) is 54.0 Å². The van der Waals surface area contributed by atoms with Crippen LogP contribution in [0, 0.1) is 0 Å². The van der Waals surface area contributed by atoms with Crippen LogP contribution in [0.1, 0.15) is 34.3 Å². The monoisotopic (exact) mass is 330 g/mol. The second kappa shape index (κ2) is 8.52. The zero-order chi connectivity index (χ0) is 17.4. The molecule has 1 aromatic carbocycles. The zero-order valence-corrected chi connectivity index (χ0v) is 13.2. The SMILES string of the molecule is CCCNC(=O)COC(=O)c1ccc(NC(=O)c2ccco2)cc1. The minimum atomic E-state index is -0.606. The van der Waals surface area contributed by atoms with Gasteiger partial charge in [0.2, 0.25) is 0 Å². The molecule has 0 aliphatic carbocycles. The molecule has 0 saturated carbocycles. The molecule has 24 heavy (non-hydrogen) atoms. The first-order valence-electron chi connectivity index (χ1n) is 7.49. The third-order valence-electron chi connectivity index (χ3n) is 3.03. The number of amides is 2. The molecule has 1 aromatic heterocycles. The molecule has 126 valence electrons. The highest BCUT2D eigenvalue weighted by Crippen LogP contribution is 2.12. The molecule has 0 radical (unpaired) electrons. The normalized spacial score (nSPS) is 10.0. The summed E-state index contributed by atoms with van der Waals surface area (Å²) >= 11 is 0. The van der Waals surface area contributed by atoms with Crippen molar-refractivity contribution >= 4 is 23.5 Å². The highest BCUT2D eigenvalue weighted by Gasteiger charge is 2.11. The predicted octanol–water partition coefficient (Wildman–Crippen LogP) is 2.21. The molecule has 2 N–H and O–H groups in total. The first-order valence-corrected chi connectivity index (χ1v) is 7.49. The van der Waals surface area contributed by atoms with Gasteiger partial charge in [0.15, 0.2) is 12.4 Å². The Morgan fingerprint density at radius 1 is 1.12 bits per heavy atom. The van der Waals surface area contributed by atoms with Gasteiger partial charge in [0.05, 0.1) is 11.8 Å². The second-order valence-corrected chi connectivity index (χ2v) is 4.93. The fourth-order valence-corrected chi connectivity index (χ4v) is 1.82. The summed E-state index contributed by atoms with van der Waals surface area (Å²) in [5.74, 6) is -1.14. The van der Waals surface area contributed by atoms with Crippen LogP contribution in [0.4, 0.5) is 5.69 Å². The number of anilines is 1. The van der Waals surface area contributed by atoms with Crippen LogP contribution in [0.5, 0.6) is 0 Å². The van der Waals surface area contributed by atoms with Crippen LogP contribution in [0.15, 0.2) is 47.1 Å². The van der Waals surface area contributed by atoms with E-state index in [0.717, 1.165) is 6.42 Å². The van der Waals surface area contributed by atoms with Crippen LogP contribution >= 0.6 is 0 Å². The van der Waals surface area contributed by atoms with E-state index in [2.05, 4.69) is 10.6 Å². The molecule has 0 atom stereocenters. The number of hydrogen-bond acceptors (Lipinski definition) is 5. The fraction of sp³-hybridized carbons (Fsp3) is 0.235. The highest BCUT2D eigenvalue weighted by molar-refractivity contribution is 6.02. The van der Waals surface area contributed by atoms with Gasteiger partial charge in [0.1, 0.15) is 0 Å². The van der Waals surface area contributed by atoms with E-state index in [0.29, 0.717) is 12.2 Å². The molecule has 0 fully saturated rings. The number of esters is 1. The van der Waals surface area contributed by atoms with E-state index in [4.69, 9.17) is 9.15 Å². The van der Waals surface area contributed by atoms with Crippen LogP contribution in [-0.4, -0.2) is 30.9 Å². The molecule has 7 nitrogen and oxygen atoms in total. The van der Waals surface area contributed by atoms with Gasteiger partial charge < -0.3 is 19.8 Å². The van der Waals surface area contributed by atoms with Crippen LogP contribution in [-0.2, 0) is 9.53 Å². The van der Waals surface area contributed by atoms with Crippen LogP contribution in [0.2, 0.25) is 0 Å². The average Bonchev–Trinajstić information content (AvgIpc) is 3.13. The number of hydrogen-bond donors (Lipinski definition) is 2. The smallest absolute Gasteiger partial charge is 0.338 e. The molecule has 2 rings (SSSR count). The van der Waals surface area contributed by atoms with E-state index in [1.54, 1.807) is 24.3 Å². The molecule has 2 aromatic rings. The summed E-state index contributed by atoms with van der Waals surface area (Å²) in [6.45, 7) is 2.15. The number of benzene rings is 1. The molecule has 0 unspecified atom stereocenters. The Kier molecular flexibility index (Phi) is 6.13. The van der Waals surface area contributed by atoms with E-state index in [1.165, 1.54) is 18.4 Å². The maximum Gasteiger partial charge on any atom is 0.338 e. The lowest BCUT2D eigenvalue weighted by atomic mass is 10.2. The van der Waals surface area contributed by atoms with Crippen molar-refractivity contribution in [3.63, 3.8) is 0 Å². The Morgan fingerprint density at radius 2 is 1.88 bits per heavy atom. The van der Waals surface area contributed by atoms with Crippen molar-refractivity contribution < 1.29 is 23.5 Å². The number of carbonyl (C=O) groups is 3. The molecule has 0 saturated heterocycles. The Labute approximate surface area is 139 Å². The second-order valence-electron chi connectivity index (χ2n) is 4.93. The molecular weight excluding hydrogens is 312 g/mol. The highest BCUT2D eigenvalue weighted by atomic mass is 16.5. The summed E-state index contributed by atoms with van der Waals surface area (Å²) in [7, 11) is 0. The predicted molar refractivity (Wildman–Crippen MR) is 86.7 cm³/mol. The summed E-state index contributed by atoms with van der Waals surface area (Å²) in [5, 5.41) is 5.25. The molecule has 2 amide bonds. The third kappa shape index (κ3) is 4.98. The minimum absolute atomic E-state index is 0.191. The van der Waals surface area contributed by atoms with E-state index in [9.17, 15) is 14.4 Å². The van der Waals surface area contributed by atoms with Crippen LogP contribution in [0.25, 0.3) is 0 Å². The average molecular weight is 330 g/mol. The van der Waals surface area contributed by atoms with E-state index >= 15 is 0 Å². The Morgan fingerprint density at radius 3 is 2.50 bits per heavy atom. The maximum atomic E-state index is 11.8. The van der Waals surface area contributed by atoms with Gasteiger partial charge in [0.25, 0.3) is 11.8 Å². The number of carbonyl (C=O) groups excluding carboxylic acids is 3. The van der Waals surface area contributed by atoms with Crippen molar-refractivity contribution in [2.24, 2.45) is 0 Å². The lowest BCUT2D eigenvalue weighted by molar-refractivity contribution is -0.124. The number of rotatable bonds is 7. The topological polar surface area (TPSA) is 97.6 Å². The largest absolute Gasteiger partial charge is 0.459 e. The summed E-state index contributed by atoms with van der Waals surface area (Å²) in [6, 6.07) is 9.30. The maximum absolute atomic E-state index is 11.8. The van der Waals surface area contributed by atoms with E-state index in [-0.39, 0.29) is 29.7 Å². The number of furan rings is 1. The molecular formula is C17H18N2O5. The zero-order valence-electron chi connectivity index (χ0n) is 13.2. The van der Waals surface area contributed by atoms with Gasteiger partial charge in [-0.2, -0.15) is 0 Å². The van der Waals surface area contributed by atoms with Gasteiger partial charge in [0, 0.05) is 12.2 Å². The fourth-order valence-electron chi connectivity index (χ4n) is 1.82. The van der Waals surface area contributed by atoms with E-state index in [1.807, 2.05) is 6.92 Å². The summed E-state index contributed by atoms with van der Waals surface area (Å²) in [6.07, 6.45) is 2.22. The molecule has 1 heterocycles. The molecule has 0 bridgehead atoms. The van der Waals surface area contributed by atoms with Gasteiger partial charge in [-0.1, -0.05) is 6.92 Å². The van der Waals surface area contributed by atoms with Gasteiger partial charge >= 0.3 is 5.97 Å². The van der Waals surface area contributed by atoms with Crippen molar-refractivity contribution in [3.8, 4) is 0 Å². The Balaban J connectivity index is 1.86. The molecule has 0 aliphatic rings. The molecule has 7 heteroatoms. The molecule has 0 spiro atoms. The van der Waals surface area contributed by atoms with Crippen molar-refractivity contribution in [2.45, 2.75) is 13.3 Å². The first kappa shape index (κ1) is 17.3. The Bertz CT molecular complexity index is 692. The summed E-state index contributed by atoms with van der Waals surface area (Å²) in [5.41, 5.74) is 0.794. The summed E-state index contributed by atoms with van der Waals surface area (Å²) < 4.78 is 9.90. The van der Waals surface area contributed by atoms with Crippen LogP contribution < -0.4 is 10.6 Å². The standard InChI is InChI=1S/C17H18N2O5/c1-2-9-18-15(20)11-24-17(22)12-5-7-13(8-6-12)19-16(21)14-4-3-10-23-14/h3-8,10H,2,9,11H2,1H3,(H,18,20)(H,19,21). The first-order chi connectivity index (χ1) is 11.6. The lowest BCUT2D eigenvalue weighted by Gasteiger charge is -2.07. The van der Waals surface area contributed by atoms with Crippen molar-refractivity contribution in [2.75, 3.05) is 18.5 Å². The van der Waals surface area contributed by atoms with E-state index < -0.39 is 5.97 Å². The Hall–Kier alpha value is -3.09. The van der Waals surface area contributed by atoms with Gasteiger partial charge in [-0.3, -0.25) is 9.59 Å². The number of ether oxygens (including phenoxy) is 1. The van der Waals surface area contributed by atoms with Crippen molar-refractivity contribution in [1.82, 2.24) is 5.32 Å². The van der Waals surface area contributed by atoms with Crippen LogP contribution in [0.3, 0.4) is 0 Å².